The fourth-order valence-corrected chi connectivity index (χ4v) is 3.63. The quantitative estimate of drug-likeness (QED) is 0.838. The lowest BCUT2D eigenvalue weighted by atomic mass is 10.1. The van der Waals surface area contributed by atoms with Gasteiger partial charge in [0.1, 0.15) is 0 Å². The van der Waals surface area contributed by atoms with Gasteiger partial charge in [0.25, 0.3) is 5.89 Å². The maximum Gasteiger partial charge on any atom is 0.258 e. The van der Waals surface area contributed by atoms with Crippen molar-refractivity contribution in [2.45, 2.75) is 31.4 Å². The van der Waals surface area contributed by atoms with Gasteiger partial charge < -0.3 is 4.52 Å². The minimum Gasteiger partial charge on any atom is -0.334 e. The standard InChI is InChI=1S/C15H15N3OS/c1-10-8-11(9-16)5-6-12(10)15-17-14(18-19-15)13-4-2-3-7-20-13/h5-6,8,13H,2-4,7H2,1H3. The molecule has 1 aliphatic heterocycles. The summed E-state index contributed by atoms with van der Waals surface area (Å²) in [6.07, 6.45) is 3.63. The van der Waals surface area contributed by atoms with Crippen LogP contribution >= 0.6 is 11.8 Å². The van der Waals surface area contributed by atoms with Crippen LogP contribution in [0.25, 0.3) is 11.5 Å². The molecule has 2 aromatic rings. The Morgan fingerprint density at radius 3 is 3.00 bits per heavy atom. The molecule has 1 atom stereocenters. The van der Waals surface area contributed by atoms with Gasteiger partial charge in [0, 0.05) is 5.56 Å². The van der Waals surface area contributed by atoms with Crippen molar-refractivity contribution in [1.29, 1.82) is 5.26 Å². The Balaban J connectivity index is 1.88. The van der Waals surface area contributed by atoms with Crippen LogP contribution in [0.5, 0.6) is 0 Å². The van der Waals surface area contributed by atoms with Gasteiger partial charge in [-0.25, -0.2) is 0 Å². The second-order valence-corrected chi connectivity index (χ2v) is 6.27. The van der Waals surface area contributed by atoms with Crippen LogP contribution in [0.4, 0.5) is 0 Å². The van der Waals surface area contributed by atoms with Crippen molar-refractivity contribution in [3.8, 4) is 17.5 Å². The minimum atomic E-state index is 0.361. The molecule has 0 N–H and O–H groups in total. The third-order valence-corrected chi connectivity index (χ3v) is 4.87. The van der Waals surface area contributed by atoms with E-state index in [4.69, 9.17) is 9.78 Å². The van der Waals surface area contributed by atoms with E-state index in [9.17, 15) is 0 Å². The van der Waals surface area contributed by atoms with Gasteiger partial charge in [-0.3, -0.25) is 0 Å². The summed E-state index contributed by atoms with van der Waals surface area (Å²) in [5, 5.41) is 13.4. The molecule has 0 amide bonds. The summed E-state index contributed by atoms with van der Waals surface area (Å²) in [7, 11) is 0. The fraction of sp³-hybridized carbons (Fsp3) is 0.400. The molecule has 0 aliphatic carbocycles. The molecule has 1 aliphatic rings. The maximum absolute atomic E-state index is 8.89. The molecule has 0 bridgehead atoms. The molecule has 102 valence electrons. The van der Waals surface area contributed by atoms with E-state index in [1.165, 1.54) is 18.6 Å². The Bertz CT molecular complexity index is 653. The number of hydrogen-bond donors (Lipinski definition) is 0. The zero-order chi connectivity index (χ0) is 13.9. The van der Waals surface area contributed by atoms with E-state index in [0.29, 0.717) is 16.7 Å². The molecule has 2 heterocycles. The van der Waals surface area contributed by atoms with Gasteiger partial charge in [-0.05, 0) is 49.3 Å². The second kappa shape index (κ2) is 5.68. The summed E-state index contributed by atoms with van der Waals surface area (Å²) in [5.74, 6) is 2.52. The lowest BCUT2D eigenvalue weighted by Gasteiger charge is -2.17. The fourth-order valence-electron chi connectivity index (χ4n) is 2.39. The van der Waals surface area contributed by atoms with Crippen LogP contribution in [0.2, 0.25) is 0 Å². The summed E-state index contributed by atoms with van der Waals surface area (Å²) in [6.45, 7) is 1.95. The Labute approximate surface area is 122 Å². The van der Waals surface area contributed by atoms with Gasteiger partial charge in [0.05, 0.1) is 16.9 Å². The normalized spacial score (nSPS) is 18.7. The summed E-state index contributed by atoms with van der Waals surface area (Å²) in [6, 6.07) is 7.63. The van der Waals surface area contributed by atoms with E-state index >= 15 is 0 Å². The van der Waals surface area contributed by atoms with E-state index in [-0.39, 0.29) is 0 Å². The molecule has 3 rings (SSSR count). The second-order valence-electron chi connectivity index (χ2n) is 4.95. The van der Waals surface area contributed by atoms with Crippen LogP contribution in [0.1, 0.15) is 41.5 Å². The molecule has 1 fully saturated rings. The molecule has 0 spiro atoms. The van der Waals surface area contributed by atoms with Crippen LogP contribution in [-0.4, -0.2) is 15.9 Å². The van der Waals surface area contributed by atoms with Crippen molar-refractivity contribution in [1.82, 2.24) is 10.1 Å². The Morgan fingerprint density at radius 2 is 2.30 bits per heavy atom. The van der Waals surface area contributed by atoms with Crippen LogP contribution < -0.4 is 0 Å². The summed E-state index contributed by atoms with van der Waals surface area (Å²) >= 11 is 1.91. The number of nitrogens with zero attached hydrogens (tertiary/aromatic N) is 3. The SMILES string of the molecule is Cc1cc(C#N)ccc1-c1nc(C2CCCCS2)no1. The first-order valence-corrected chi connectivity index (χ1v) is 7.79. The summed E-state index contributed by atoms with van der Waals surface area (Å²) in [5.41, 5.74) is 2.54. The number of aryl methyl sites for hydroxylation is 1. The lowest BCUT2D eigenvalue weighted by Crippen LogP contribution is -2.03. The number of hydrogen-bond acceptors (Lipinski definition) is 5. The third kappa shape index (κ3) is 2.56. The van der Waals surface area contributed by atoms with Crippen LogP contribution in [0.3, 0.4) is 0 Å². The summed E-state index contributed by atoms with van der Waals surface area (Å²) in [4.78, 5) is 4.54. The zero-order valence-corrected chi connectivity index (χ0v) is 12.1. The molecule has 1 aromatic carbocycles. The number of aromatic nitrogens is 2. The van der Waals surface area contributed by atoms with Crippen molar-refractivity contribution in [3.05, 3.63) is 35.2 Å². The molecule has 4 nitrogen and oxygen atoms in total. The molecular weight excluding hydrogens is 270 g/mol. The van der Waals surface area contributed by atoms with Crippen LogP contribution in [-0.2, 0) is 0 Å². The van der Waals surface area contributed by atoms with E-state index in [0.717, 1.165) is 23.4 Å². The highest BCUT2D eigenvalue weighted by Gasteiger charge is 2.22. The topological polar surface area (TPSA) is 62.7 Å². The molecular formula is C15H15N3OS. The molecule has 1 saturated heterocycles. The zero-order valence-electron chi connectivity index (χ0n) is 11.3. The van der Waals surface area contributed by atoms with Gasteiger partial charge in [0.2, 0.25) is 0 Å². The monoisotopic (exact) mass is 285 g/mol. The van der Waals surface area contributed by atoms with E-state index in [1.54, 1.807) is 6.07 Å². The van der Waals surface area contributed by atoms with Gasteiger partial charge >= 0.3 is 0 Å². The molecule has 0 radical (unpaired) electrons. The predicted octanol–water partition coefficient (Wildman–Crippen LogP) is 3.87. The highest BCUT2D eigenvalue weighted by molar-refractivity contribution is 7.99. The lowest BCUT2D eigenvalue weighted by molar-refractivity contribution is 0.420. The van der Waals surface area contributed by atoms with E-state index in [1.807, 2.05) is 30.8 Å². The van der Waals surface area contributed by atoms with Crippen LogP contribution in [0.15, 0.2) is 22.7 Å². The van der Waals surface area contributed by atoms with E-state index in [2.05, 4.69) is 16.2 Å². The highest BCUT2D eigenvalue weighted by atomic mass is 32.2. The predicted molar refractivity (Wildman–Crippen MR) is 78.2 cm³/mol. The van der Waals surface area contributed by atoms with Crippen molar-refractivity contribution in [3.63, 3.8) is 0 Å². The van der Waals surface area contributed by atoms with Crippen molar-refractivity contribution >= 4 is 11.8 Å². The number of nitriles is 1. The first kappa shape index (κ1) is 13.2. The molecule has 20 heavy (non-hydrogen) atoms. The Hall–Kier alpha value is -1.80. The molecule has 1 unspecified atom stereocenters. The van der Waals surface area contributed by atoms with Gasteiger partial charge in [-0.1, -0.05) is 11.6 Å². The molecule has 5 heteroatoms. The van der Waals surface area contributed by atoms with Gasteiger partial charge in [0.15, 0.2) is 5.82 Å². The Kier molecular flexibility index (Phi) is 3.75. The average Bonchev–Trinajstić information content (AvgIpc) is 2.97. The average molecular weight is 285 g/mol. The highest BCUT2D eigenvalue weighted by Crippen LogP contribution is 2.37. The summed E-state index contributed by atoms with van der Waals surface area (Å²) < 4.78 is 5.40. The van der Waals surface area contributed by atoms with Crippen molar-refractivity contribution in [2.24, 2.45) is 0 Å². The van der Waals surface area contributed by atoms with E-state index < -0.39 is 0 Å². The largest absolute Gasteiger partial charge is 0.334 e. The van der Waals surface area contributed by atoms with Crippen molar-refractivity contribution in [2.75, 3.05) is 5.75 Å². The maximum atomic E-state index is 8.89. The molecule has 1 aromatic heterocycles. The Morgan fingerprint density at radius 1 is 1.40 bits per heavy atom. The van der Waals surface area contributed by atoms with Crippen molar-refractivity contribution < 1.29 is 4.52 Å². The smallest absolute Gasteiger partial charge is 0.258 e. The van der Waals surface area contributed by atoms with Gasteiger partial charge in [-0.2, -0.15) is 22.0 Å². The minimum absolute atomic E-state index is 0.361. The number of benzene rings is 1. The van der Waals surface area contributed by atoms with Gasteiger partial charge in [-0.15, -0.1) is 0 Å². The molecule has 0 saturated carbocycles. The first-order valence-electron chi connectivity index (χ1n) is 6.74. The first-order chi connectivity index (χ1) is 9.78. The third-order valence-electron chi connectivity index (χ3n) is 3.50. The number of thioether (sulfide) groups is 1. The van der Waals surface area contributed by atoms with Crippen LogP contribution in [0, 0.1) is 18.3 Å². The number of rotatable bonds is 2.